The Kier molecular flexibility index (Phi) is 16.7. The number of nitrogens with zero attached hydrogens (tertiary/aromatic N) is 1. The molecule has 10 heteroatoms. The molecular formula is C40H53N3O7. The van der Waals surface area contributed by atoms with E-state index in [2.05, 4.69) is 36.2 Å². The molecule has 3 N–H and O–H groups in total. The van der Waals surface area contributed by atoms with E-state index in [0.29, 0.717) is 90.1 Å². The van der Waals surface area contributed by atoms with Gasteiger partial charge in [0.2, 0.25) is 5.91 Å². The molecule has 1 aliphatic heterocycles. The maximum atomic E-state index is 14.3. The van der Waals surface area contributed by atoms with Gasteiger partial charge >= 0.3 is 0 Å². The average molecular weight is 688 g/mol. The van der Waals surface area contributed by atoms with E-state index in [-0.39, 0.29) is 36.4 Å². The van der Waals surface area contributed by atoms with Gasteiger partial charge in [-0.05, 0) is 30.5 Å². The number of benzene rings is 3. The molecule has 1 aliphatic rings. The third-order valence-electron chi connectivity index (χ3n) is 9.17. The number of hydrogen-bond acceptors (Lipinski definition) is 9. The molecule has 3 aromatic rings. The molecule has 0 spiro atoms. The number of nitrogens with one attached hydrogen (secondary N) is 1. The van der Waals surface area contributed by atoms with Gasteiger partial charge in [-0.3, -0.25) is 14.4 Å². The van der Waals surface area contributed by atoms with Gasteiger partial charge < -0.3 is 34.9 Å². The molecule has 1 heterocycles. The van der Waals surface area contributed by atoms with Crippen molar-refractivity contribution in [3.8, 4) is 0 Å². The van der Waals surface area contributed by atoms with Crippen LogP contribution in [0.5, 0.6) is 0 Å². The first-order chi connectivity index (χ1) is 24.4. The van der Waals surface area contributed by atoms with Gasteiger partial charge in [0.15, 0.2) is 11.6 Å². The fraction of sp³-hybridized carbons (Fsp3) is 0.475. The zero-order chi connectivity index (χ0) is 35.6. The first-order valence-electron chi connectivity index (χ1n) is 17.7. The molecule has 50 heavy (non-hydrogen) atoms. The molecule has 0 aliphatic carbocycles. The Labute approximate surface area is 296 Å². The standard InChI is InChI=1S/C40H53N3O7/c1-30-10-9-15-34(31(30)2)38-35(39(45)32-11-5-3-6-12-32)28-43(29-36(38)40(46)33-13-7-4-8-14-33)19-18-42-37(44)16-20-47-22-24-49-26-27-50-25-23-48-21-17-41/h3-15,35-36,38H,16-29,41H2,1-2H3,(H,42,44). The molecule has 1 fully saturated rings. The molecular weight excluding hydrogens is 634 g/mol. The minimum Gasteiger partial charge on any atom is -0.379 e. The number of rotatable bonds is 22. The molecule has 0 aromatic heterocycles. The first-order valence-corrected chi connectivity index (χ1v) is 17.7. The van der Waals surface area contributed by atoms with Gasteiger partial charge in [-0.2, -0.15) is 0 Å². The predicted octanol–water partition coefficient (Wildman–Crippen LogP) is 4.23. The highest BCUT2D eigenvalue weighted by molar-refractivity contribution is 6.02. The number of carbonyl (C=O) groups is 3. The van der Waals surface area contributed by atoms with E-state index in [1.54, 1.807) is 0 Å². The molecule has 0 bridgehead atoms. The molecule has 2 atom stereocenters. The fourth-order valence-electron chi connectivity index (χ4n) is 6.47. The Hall–Kier alpha value is -3.77. The fourth-order valence-corrected chi connectivity index (χ4v) is 6.47. The summed E-state index contributed by atoms with van der Waals surface area (Å²) in [6, 6.07) is 24.8. The smallest absolute Gasteiger partial charge is 0.222 e. The highest BCUT2D eigenvalue weighted by Crippen LogP contribution is 2.42. The summed E-state index contributed by atoms with van der Waals surface area (Å²) in [4.78, 5) is 43.3. The number of amides is 1. The lowest BCUT2D eigenvalue weighted by Crippen LogP contribution is -2.52. The Balaban J connectivity index is 1.33. The molecule has 270 valence electrons. The zero-order valence-corrected chi connectivity index (χ0v) is 29.5. The summed E-state index contributed by atoms with van der Waals surface area (Å²) in [6.45, 7) is 10.1. The Bertz CT molecular complexity index is 1410. The number of piperidine rings is 1. The predicted molar refractivity (Wildman–Crippen MR) is 194 cm³/mol. The van der Waals surface area contributed by atoms with E-state index in [1.165, 1.54) is 0 Å². The lowest BCUT2D eigenvalue weighted by Gasteiger charge is -2.43. The van der Waals surface area contributed by atoms with Crippen molar-refractivity contribution in [2.24, 2.45) is 17.6 Å². The van der Waals surface area contributed by atoms with Crippen molar-refractivity contribution < 1.29 is 33.3 Å². The van der Waals surface area contributed by atoms with Crippen LogP contribution in [0.25, 0.3) is 0 Å². The largest absolute Gasteiger partial charge is 0.379 e. The van der Waals surface area contributed by atoms with Crippen molar-refractivity contribution in [3.05, 3.63) is 107 Å². The Morgan fingerprint density at radius 1 is 0.680 bits per heavy atom. The number of likely N-dealkylation sites (tertiary alicyclic amines) is 1. The van der Waals surface area contributed by atoms with Crippen LogP contribution >= 0.6 is 0 Å². The second-order valence-corrected chi connectivity index (χ2v) is 12.6. The number of Topliss-reactive ketones (excluding diaryl/α,β-unsaturated/α-hetero) is 2. The maximum absolute atomic E-state index is 14.3. The summed E-state index contributed by atoms with van der Waals surface area (Å²) >= 11 is 0. The SMILES string of the molecule is Cc1cccc(C2C(C(=O)c3ccccc3)CN(CCNC(=O)CCOCCOCCOCCOCCN)CC2C(=O)c2ccccc2)c1C. The maximum Gasteiger partial charge on any atom is 0.222 e. The quantitative estimate of drug-likeness (QED) is 0.118. The summed E-state index contributed by atoms with van der Waals surface area (Å²) in [5, 5.41) is 2.99. The summed E-state index contributed by atoms with van der Waals surface area (Å²) in [6.07, 6.45) is 0.227. The second kappa shape index (κ2) is 21.4. The number of carbonyl (C=O) groups excluding carboxylic acids is 3. The van der Waals surface area contributed by atoms with Gasteiger partial charge in [-0.15, -0.1) is 0 Å². The molecule has 1 amide bonds. The lowest BCUT2D eigenvalue weighted by molar-refractivity contribution is -0.122. The Morgan fingerprint density at radius 2 is 1.18 bits per heavy atom. The monoisotopic (exact) mass is 687 g/mol. The molecule has 10 nitrogen and oxygen atoms in total. The topological polar surface area (TPSA) is 129 Å². The van der Waals surface area contributed by atoms with E-state index in [9.17, 15) is 14.4 Å². The van der Waals surface area contributed by atoms with Gasteiger partial charge in [-0.1, -0.05) is 78.9 Å². The zero-order valence-electron chi connectivity index (χ0n) is 29.5. The minimum absolute atomic E-state index is 0.0256. The summed E-state index contributed by atoms with van der Waals surface area (Å²) in [5.74, 6) is -1.25. The Morgan fingerprint density at radius 3 is 1.70 bits per heavy atom. The van der Waals surface area contributed by atoms with Gasteiger partial charge in [-0.25, -0.2) is 0 Å². The number of aryl methyl sites for hydroxylation is 1. The van der Waals surface area contributed by atoms with Gasteiger partial charge in [0, 0.05) is 68.0 Å². The van der Waals surface area contributed by atoms with E-state index < -0.39 is 11.8 Å². The van der Waals surface area contributed by atoms with Crippen molar-refractivity contribution in [2.45, 2.75) is 26.2 Å². The van der Waals surface area contributed by atoms with Crippen LogP contribution in [0.2, 0.25) is 0 Å². The van der Waals surface area contributed by atoms with Crippen LogP contribution in [0.1, 0.15) is 49.7 Å². The van der Waals surface area contributed by atoms with Gasteiger partial charge in [0.25, 0.3) is 0 Å². The van der Waals surface area contributed by atoms with Crippen molar-refractivity contribution in [2.75, 3.05) is 85.6 Å². The van der Waals surface area contributed by atoms with E-state index in [0.717, 1.165) is 16.7 Å². The molecule has 0 saturated carbocycles. The third kappa shape index (κ3) is 11.9. The van der Waals surface area contributed by atoms with Crippen LogP contribution in [0.15, 0.2) is 78.9 Å². The van der Waals surface area contributed by atoms with E-state index in [4.69, 9.17) is 24.7 Å². The van der Waals surface area contributed by atoms with Crippen LogP contribution < -0.4 is 11.1 Å². The van der Waals surface area contributed by atoms with Gasteiger partial charge in [0.05, 0.1) is 52.9 Å². The average Bonchev–Trinajstić information content (AvgIpc) is 3.14. The number of ketones is 2. The van der Waals surface area contributed by atoms with Crippen LogP contribution in [-0.2, 0) is 23.7 Å². The molecule has 4 rings (SSSR count). The molecule has 1 saturated heterocycles. The summed E-state index contributed by atoms with van der Waals surface area (Å²) in [7, 11) is 0. The lowest BCUT2D eigenvalue weighted by atomic mass is 9.67. The summed E-state index contributed by atoms with van der Waals surface area (Å²) < 4.78 is 21.7. The number of hydrogen-bond donors (Lipinski definition) is 2. The van der Waals surface area contributed by atoms with E-state index >= 15 is 0 Å². The highest BCUT2D eigenvalue weighted by atomic mass is 16.6. The van der Waals surface area contributed by atoms with Crippen molar-refractivity contribution in [3.63, 3.8) is 0 Å². The van der Waals surface area contributed by atoms with Crippen LogP contribution in [0.4, 0.5) is 0 Å². The third-order valence-corrected chi connectivity index (χ3v) is 9.17. The normalized spacial score (nSPS) is 17.8. The molecule has 0 radical (unpaired) electrons. The highest BCUT2D eigenvalue weighted by Gasteiger charge is 2.45. The van der Waals surface area contributed by atoms with Crippen LogP contribution in [0.3, 0.4) is 0 Å². The molecule has 2 unspecified atom stereocenters. The minimum atomic E-state index is -0.447. The van der Waals surface area contributed by atoms with Crippen molar-refractivity contribution in [1.29, 1.82) is 0 Å². The van der Waals surface area contributed by atoms with Crippen molar-refractivity contribution >= 4 is 17.5 Å². The second-order valence-electron chi connectivity index (χ2n) is 12.6. The first kappa shape index (κ1) is 39.0. The van der Waals surface area contributed by atoms with Crippen LogP contribution in [0, 0.1) is 25.7 Å². The number of ether oxygens (including phenoxy) is 4. The number of nitrogens with two attached hydrogens (primary N) is 1. The molecule has 3 aromatic carbocycles. The summed E-state index contributed by atoms with van der Waals surface area (Å²) in [5.41, 5.74) is 9.92. The van der Waals surface area contributed by atoms with Crippen LogP contribution in [-0.4, -0.2) is 108 Å². The van der Waals surface area contributed by atoms with E-state index in [1.807, 2.05) is 66.7 Å². The van der Waals surface area contributed by atoms with Gasteiger partial charge in [0.1, 0.15) is 0 Å². The van der Waals surface area contributed by atoms with Crippen molar-refractivity contribution in [1.82, 2.24) is 10.2 Å².